The molecular weight excluding hydrogens is 749 g/mol. The van der Waals surface area contributed by atoms with E-state index in [9.17, 15) is 0 Å². The summed E-state index contributed by atoms with van der Waals surface area (Å²) in [5.41, 5.74) is 10.2. The Hall–Kier alpha value is -6.84. The van der Waals surface area contributed by atoms with Gasteiger partial charge < -0.3 is 0 Å². The molecule has 59 heavy (non-hydrogen) atoms. The van der Waals surface area contributed by atoms with Crippen LogP contribution in [-0.4, -0.2) is 0 Å². The van der Waals surface area contributed by atoms with Crippen molar-refractivity contribution in [1.29, 1.82) is 0 Å². The highest BCUT2D eigenvalue weighted by molar-refractivity contribution is 7.24. The van der Waals surface area contributed by atoms with Crippen molar-refractivity contribution < 1.29 is 0 Å². The normalized spacial score (nSPS) is 11.9. The van der Waals surface area contributed by atoms with Gasteiger partial charge in [0.25, 0.3) is 0 Å². The Morgan fingerprint density at radius 1 is 0.390 bits per heavy atom. The van der Waals surface area contributed by atoms with Crippen LogP contribution in [0.1, 0.15) is 10.4 Å². The van der Waals surface area contributed by atoms with E-state index in [0.29, 0.717) is 0 Å². The summed E-state index contributed by atoms with van der Waals surface area (Å²) in [6.07, 6.45) is 2.04. The molecule has 12 aromatic rings. The first-order valence-electron chi connectivity index (χ1n) is 20.2. The van der Waals surface area contributed by atoms with Crippen LogP contribution in [0.4, 0.5) is 0 Å². The molecule has 0 saturated heterocycles. The van der Waals surface area contributed by atoms with Gasteiger partial charge in [0, 0.05) is 30.1 Å². The first-order chi connectivity index (χ1) is 29.1. The molecule has 276 valence electrons. The molecule has 0 aliphatic carbocycles. The first kappa shape index (κ1) is 34.2. The molecule has 2 aromatic heterocycles. The van der Waals surface area contributed by atoms with E-state index in [-0.39, 0.29) is 0 Å². The fourth-order valence-electron chi connectivity index (χ4n) is 9.63. The third-order valence-corrected chi connectivity index (χ3v) is 14.9. The van der Waals surface area contributed by atoms with Crippen LogP contribution in [0.15, 0.2) is 189 Å². The number of benzene rings is 10. The van der Waals surface area contributed by atoms with E-state index in [1.165, 1.54) is 128 Å². The van der Waals surface area contributed by atoms with Gasteiger partial charge >= 0.3 is 0 Å². The Morgan fingerprint density at radius 2 is 0.932 bits per heavy atom. The van der Waals surface area contributed by atoms with Gasteiger partial charge in [-0.05, 0) is 129 Å². The minimum absolute atomic E-state index is 1.22. The van der Waals surface area contributed by atoms with Crippen molar-refractivity contribution in [2.24, 2.45) is 0 Å². The molecule has 0 aliphatic rings. The third-order valence-electron chi connectivity index (χ3n) is 12.4. The van der Waals surface area contributed by atoms with Gasteiger partial charge in [0.15, 0.2) is 0 Å². The molecule has 0 atom stereocenters. The lowest BCUT2D eigenvalue weighted by atomic mass is 9.84. The van der Waals surface area contributed by atoms with Crippen molar-refractivity contribution in [3.05, 3.63) is 199 Å². The molecule has 0 bridgehead atoms. The molecule has 0 unspecified atom stereocenters. The molecule has 0 amide bonds. The third kappa shape index (κ3) is 5.27. The van der Waals surface area contributed by atoms with Gasteiger partial charge in [0.1, 0.15) is 0 Å². The molecule has 0 aliphatic heterocycles. The average Bonchev–Trinajstić information content (AvgIpc) is 3.84. The first-order valence-corrected chi connectivity index (χ1v) is 21.8. The molecule has 0 fully saturated rings. The number of rotatable bonds is 5. The van der Waals surface area contributed by atoms with Gasteiger partial charge in [-0.15, -0.1) is 22.7 Å². The molecule has 0 spiro atoms. The smallest absolute Gasteiger partial charge is 0.0434 e. The van der Waals surface area contributed by atoms with Gasteiger partial charge in [0.05, 0.1) is 0 Å². The van der Waals surface area contributed by atoms with E-state index in [2.05, 4.69) is 195 Å². The summed E-state index contributed by atoms with van der Waals surface area (Å²) in [6, 6.07) is 67.6. The maximum Gasteiger partial charge on any atom is 0.0434 e. The summed E-state index contributed by atoms with van der Waals surface area (Å²) >= 11 is 3.75. The number of hydrogen-bond acceptors (Lipinski definition) is 2. The van der Waals surface area contributed by atoms with E-state index in [1.807, 2.05) is 28.7 Å². The standard InChI is InChI=1S/C57H36S2/c1-3-51-55(56-34(2)42-15-10-11-22-52(42)59-56)50-30-28-40-32-39(27-29-44(40)57(50)58-51)36-23-24-38-33-41(26-25-37(38)31-36)53-46-17-6-8-19-48(46)54(49-20-9-7-18-47(49)53)45-21-12-14-35-13-4-5-16-43(35)45/h3-33H,1H2,2H3. The highest BCUT2D eigenvalue weighted by Crippen LogP contribution is 2.49. The topological polar surface area (TPSA) is 0 Å². The summed E-state index contributed by atoms with van der Waals surface area (Å²) < 4.78 is 2.66. The van der Waals surface area contributed by atoms with Crippen LogP contribution < -0.4 is 0 Å². The molecule has 0 radical (unpaired) electrons. The fraction of sp³-hybridized carbons (Fsp3) is 0.0175. The second-order valence-corrected chi connectivity index (χ2v) is 17.7. The molecule has 0 nitrogen and oxygen atoms in total. The van der Waals surface area contributed by atoms with Crippen molar-refractivity contribution in [2.75, 3.05) is 0 Å². The zero-order valence-corrected chi connectivity index (χ0v) is 34.1. The van der Waals surface area contributed by atoms with Crippen molar-refractivity contribution in [3.8, 4) is 43.8 Å². The molecule has 0 saturated carbocycles. The Bertz CT molecular complexity index is 3640. The Morgan fingerprint density at radius 3 is 1.64 bits per heavy atom. The number of aryl methyl sites for hydroxylation is 1. The van der Waals surface area contributed by atoms with Crippen LogP contribution >= 0.6 is 22.7 Å². The maximum absolute atomic E-state index is 4.24. The SMILES string of the molecule is C=Cc1sc2c(ccc3cc(-c4ccc5cc(-c6c7ccccc7c(-c7cccc8ccccc78)c7ccccc67)ccc5c4)ccc32)c1-c1sc2ccccc2c1C. The van der Waals surface area contributed by atoms with Crippen molar-refractivity contribution in [1.82, 2.24) is 0 Å². The van der Waals surface area contributed by atoms with E-state index in [1.54, 1.807) is 0 Å². The molecular formula is C57H36S2. The molecule has 10 aromatic carbocycles. The number of thiophene rings is 2. The lowest BCUT2D eigenvalue weighted by Gasteiger charge is -2.19. The lowest BCUT2D eigenvalue weighted by Crippen LogP contribution is -1.91. The molecule has 2 heterocycles. The highest BCUT2D eigenvalue weighted by Gasteiger charge is 2.21. The van der Waals surface area contributed by atoms with E-state index in [0.717, 1.165) is 0 Å². The van der Waals surface area contributed by atoms with Gasteiger partial charge in [-0.1, -0.05) is 170 Å². The number of fused-ring (bicyclic) bond motifs is 8. The highest BCUT2D eigenvalue weighted by atomic mass is 32.1. The predicted octanol–water partition coefficient (Wildman–Crippen LogP) is 17.5. The summed E-state index contributed by atoms with van der Waals surface area (Å²) in [5.74, 6) is 0. The van der Waals surface area contributed by atoms with Gasteiger partial charge in [-0.25, -0.2) is 0 Å². The van der Waals surface area contributed by atoms with E-state index in [4.69, 9.17) is 0 Å². The predicted molar refractivity (Wildman–Crippen MR) is 261 cm³/mol. The minimum Gasteiger partial charge on any atom is -0.135 e. The van der Waals surface area contributed by atoms with Crippen LogP contribution in [0.5, 0.6) is 0 Å². The van der Waals surface area contributed by atoms with Crippen LogP contribution in [-0.2, 0) is 0 Å². The summed E-state index contributed by atoms with van der Waals surface area (Å²) in [5, 5.41) is 15.3. The Balaban J connectivity index is 0.957. The second-order valence-electron chi connectivity index (χ2n) is 15.6. The zero-order chi connectivity index (χ0) is 39.2. The zero-order valence-electron chi connectivity index (χ0n) is 32.4. The monoisotopic (exact) mass is 784 g/mol. The van der Waals surface area contributed by atoms with E-state index < -0.39 is 0 Å². The van der Waals surface area contributed by atoms with Crippen LogP contribution in [0.3, 0.4) is 0 Å². The molecule has 2 heteroatoms. The van der Waals surface area contributed by atoms with Gasteiger partial charge in [0.2, 0.25) is 0 Å². The molecule has 12 rings (SSSR count). The number of hydrogen-bond donors (Lipinski definition) is 0. The van der Waals surface area contributed by atoms with Crippen LogP contribution in [0.25, 0.3) is 124 Å². The van der Waals surface area contributed by atoms with Crippen LogP contribution in [0.2, 0.25) is 0 Å². The second kappa shape index (κ2) is 13.4. The summed E-state index contributed by atoms with van der Waals surface area (Å²) in [4.78, 5) is 2.59. The van der Waals surface area contributed by atoms with Crippen molar-refractivity contribution >= 4 is 103 Å². The van der Waals surface area contributed by atoms with Crippen molar-refractivity contribution in [2.45, 2.75) is 6.92 Å². The van der Waals surface area contributed by atoms with Gasteiger partial charge in [-0.3, -0.25) is 0 Å². The lowest BCUT2D eigenvalue weighted by molar-refractivity contribution is 1.59. The van der Waals surface area contributed by atoms with E-state index >= 15 is 0 Å². The summed E-state index contributed by atoms with van der Waals surface area (Å²) in [7, 11) is 0. The quantitative estimate of drug-likeness (QED) is 0.153. The minimum atomic E-state index is 1.22. The summed E-state index contributed by atoms with van der Waals surface area (Å²) in [6.45, 7) is 6.50. The molecule has 0 N–H and O–H groups in total. The Kier molecular flexibility index (Phi) is 7.75. The maximum atomic E-state index is 4.24. The fourth-order valence-corrected chi connectivity index (χ4v) is 12.2. The average molecular weight is 785 g/mol. The van der Waals surface area contributed by atoms with Crippen molar-refractivity contribution in [3.63, 3.8) is 0 Å². The van der Waals surface area contributed by atoms with Crippen LogP contribution in [0, 0.1) is 6.92 Å². The van der Waals surface area contributed by atoms with Gasteiger partial charge in [-0.2, -0.15) is 0 Å². The largest absolute Gasteiger partial charge is 0.135 e. The Labute approximate surface area is 350 Å².